The maximum absolute atomic E-state index is 11.5. The summed E-state index contributed by atoms with van der Waals surface area (Å²) in [5, 5.41) is 12.5. The van der Waals surface area contributed by atoms with Crippen LogP contribution in [-0.2, 0) is 4.79 Å². The maximum Gasteiger partial charge on any atom is 0.279 e. The van der Waals surface area contributed by atoms with Crippen LogP contribution in [0.2, 0.25) is 0 Å². The van der Waals surface area contributed by atoms with Crippen molar-refractivity contribution in [1.29, 1.82) is 0 Å². The predicted molar refractivity (Wildman–Crippen MR) is 80.9 cm³/mol. The highest BCUT2D eigenvalue weighted by Crippen LogP contribution is 2.22. The normalized spacial score (nSPS) is 11.7. The van der Waals surface area contributed by atoms with Crippen LogP contribution in [0.15, 0.2) is 42.5 Å². The number of hydrogen-bond acceptors (Lipinski definition) is 5. The Morgan fingerprint density at radius 3 is 2.67 bits per heavy atom. The molecular weight excluding hydrogens is 270 g/mol. The van der Waals surface area contributed by atoms with Gasteiger partial charge < -0.3 is 26.6 Å². The number of carbonyl (C=O) groups excluding carboxylic acids is 1. The highest BCUT2D eigenvalue weighted by atomic mass is 16.5. The van der Waals surface area contributed by atoms with Gasteiger partial charge in [0.05, 0.1) is 0 Å². The molecule has 6 nitrogen and oxygen atoms in total. The van der Waals surface area contributed by atoms with Crippen LogP contribution in [-0.4, -0.2) is 17.2 Å². The van der Waals surface area contributed by atoms with Gasteiger partial charge in [0.2, 0.25) is 6.23 Å². The number of phenolic OH excluding ortho intramolecular Hbond substituents is 1. The molecule has 21 heavy (non-hydrogen) atoms. The smallest absolute Gasteiger partial charge is 0.279 e. The number of carbonyl (C=O) groups is 1. The Labute approximate surface area is 122 Å². The molecule has 6 heteroatoms. The van der Waals surface area contributed by atoms with Crippen molar-refractivity contribution >= 4 is 17.3 Å². The number of aryl methyl sites for hydroxylation is 1. The monoisotopic (exact) mass is 287 g/mol. The average molecular weight is 287 g/mol. The van der Waals surface area contributed by atoms with Gasteiger partial charge in [-0.15, -0.1) is 0 Å². The lowest BCUT2D eigenvalue weighted by Crippen LogP contribution is -2.40. The fourth-order valence-corrected chi connectivity index (χ4v) is 1.73. The van der Waals surface area contributed by atoms with Crippen molar-refractivity contribution in [3.63, 3.8) is 0 Å². The minimum atomic E-state index is -1.08. The number of hydrogen-bond donors (Lipinski definition) is 4. The van der Waals surface area contributed by atoms with Gasteiger partial charge >= 0.3 is 0 Å². The van der Waals surface area contributed by atoms with Crippen molar-refractivity contribution in [2.45, 2.75) is 13.2 Å². The molecule has 0 aliphatic rings. The van der Waals surface area contributed by atoms with Crippen molar-refractivity contribution in [2.24, 2.45) is 5.73 Å². The molecule has 2 aromatic carbocycles. The van der Waals surface area contributed by atoms with Crippen LogP contribution in [0.4, 0.5) is 11.4 Å². The summed E-state index contributed by atoms with van der Waals surface area (Å²) in [7, 11) is 0. The molecule has 1 amide bonds. The lowest BCUT2D eigenvalue weighted by Gasteiger charge is -2.19. The largest absolute Gasteiger partial charge is 0.508 e. The van der Waals surface area contributed by atoms with Gasteiger partial charge in [-0.05, 0) is 30.7 Å². The van der Waals surface area contributed by atoms with E-state index in [1.165, 1.54) is 6.07 Å². The molecule has 0 spiro atoms. The third kappa shape index (κ3) is 3.79. The molecule has 0 aliphatic carbocycles. The number of rotatable bonds is 5. The van der Waals surface area contributed by atoms with Crippen LogP contribution in [0.3, 0.4) is 0 Å². The predicted octanol–water partition coefficient (Wildman–Crippen LogP) is 1.59. The molecule has 110 valence electrons. The van der Waals surface area contributed by atoms with Crippen LogP contribution in [0.5, 0.6) is 11.5 Å². The van der Waals surface area contributed by atoms with Crippen molar-refractivity contribution in [3.05, 3.63) is 48.0 Å². The molecule has 2 aromatic rings. The van der Waals surface area contributed by atoms with E-state index in [-0.39, 0.29) is 5.75 Å². The quantitative estimate of drug-likeness (QED) is 0.493. The molecular formula is C15H17N3O3. The third-order valence-corrected chi connectivity index (χ3v) is 2.88. The van der Waals surface area contributed by atoms with Gasteiger partial charge in [-0.2, -0.15) is 0 Å². The van der Waals surface area contributed by atoms with Crippen molar-refractivity contribution in [3.8, 4) is 11.5 Å². The summed E-state index contributed by atoms with van der Waals surface area (Å²) in [5.41, 5.74) is 12.7. The number of nitrogen functional groups attached to an aromatic ring is 1. The molecule has 0 bridgehead atoms. The number of phenols is 1. The van der Waals surface area contributed by atoms with Crippen molar-refractivity contribution in [2.75, 3.05) is 11.1 Å². The number of primary amides is 1. The second kappa shape index (κ2) is 6.04. The second-order valence-corrected chi connectivity index (χ2v) is 4.62. The molecule has 1 unspecified atom stereocenters. The number of anilines is 2. The maximum atomic E-state index is 11.5. The lowest BCUT2D eigenvalue weighted by atomic mass is 10.2. The molecule has 0 radical (unpaired) electrons. The van der Waals surface area contributed by atoms with Gasteiger partial charge in [-0.3, -0.25) is 4.79 Å². The third-order valence-electron chi connectivity index (χ3n) is 2.88. The fraction of sp³-hybridized carbons (Fsp3) is 0.133. The molecule has 0 aliphatic heterocycles. The first kappa shape index (κ1) is 14.5. The molecule has 2 rings (SSSR count). The molecule has 0 saturated carbocycles. The van der Waals surface area contributed by atoms with Crippen LogP contribution in [0.25, 0.3) is 0 Å². The SMILES string of the molecule is Cc1ccc(NC(Oc2cccc(N)c2)C(N)=O)cc1O. The Morgan fingerprint density at radius 2 is 2.05 bits per heavy atom. The Balaban J connectivity index is 2.15. The minimum absolute atomic E-state index is 0.118. The number of nitrogens with one attached hydrogen (secondary N) is 1. The molecule has 0 heterocycles. The number of benzene rings is 2. The average Bonchev–Trinajstić information content (AvgIpc) is 2.42. The van der Waals surface area contributed by atoms with E-state index in [2.05, 4.69) is 5.32 Å². The first-order valence-electron chi connectivity index (χ1n) is 6.33. The summed E-state index contributed by atoms with van der Waals surface area (Å²) < 4.78 is 5.48. The van der Waals surface area contributed by atoms with Crippen molar-refractivity contribution in [1.82, 2.24) is 0 Å². The van der Waals surface area contributed by atoms with Crippen LogP contribution in [0, 0.1) is 6.92 Å². The Kier molecular flexibility index (Phi) is 4.18. The Morgan fingerprint density at radius 1 is 1.29 bits per heavy atom. The van der Waals surface area contributed by atoms with Crippen LogP contribution < -0.4 is 21.5 Å². The first-order chi connectivity index (χ1) is 9.95. The number of aromatic hydroxyl groups is 1. The summed E-state index contributed by atoms with van der Waals surface area (Å²) in [5.74, 6) is -0.146. The van der Waals surface area contributed by atoms with E-state index in [4.69, 9.17) is 16.2 Å². The summed E-state index contributed by atoms with van der Waals surface area (Å²) in [6, 6.07) is 11.6. The molecule has 0 aromatic heterocycles. The van der Waals surface area contributed by atoms with E-state index < -0.39 is 12.1 Å². The topological polar surface area (TPSA) is 111 Å². The lowest BCUT2D eigenvalue weighted by molar-refractivity contribution is -0.123. The summed E-state index contributed by atoms with van der Waals surface area (Å²) in [6.07, 6.45) is -1.08. The number of nitrogens with two attached hydrogens (primary N) is 2. The van der Waals surface area contributed by atoms with Gasteiger partial charge in [-0.25, -0.2) is 0 Å². The van der Waals surface area contributed by atoms with E-state index >= 15 is 0 Å². The van der Waals surface area contributed by atoms with E-state index in [0.717, 1.165) is 5.56 Å². The minimum Gasteiger partial charge on any atom is -0.508 e. The standard InChI is InChI=1S/C15H17N3O3/c1-9-5-6-11(8-13(9)19)18-15(14(17)20)21-12-4-2-3-10(16)7-12/h2-8,15,18-19H,16H2,1H3,(H2,17,20). The second-order valence-electron chi connectivity index (χ2n) is 4.62. The van der Waals surface area contributed by atoms with E-state index in [0.29, 0.717) is 17.1 Å². The molecule has 0 saturated heterocycles. The highest BCUT2D eigenvalue weighted by molar-refractivity contribution is 5.82. The number of ether oxygens (including phenoxy) is 1. The first-order valence-corrected chi connectivity index (χ1v) is 6.33. The molecule has 6 N–H and O–H groups in total. The summed E-state index contributed by atoms with van der Waals surface area (Å²) >= 11 is 0. The van der Waals surface area contributed by atoms with E-state index in [1.807, 2.05) is 0 Å². The zero-order chi connectivity index (χ0) is 15.4. The van der Waals surface area contributed by atoms with Gasteiger partial charge in [0, 0.05) is 23.5 Å². The van der Waals surface area contributed by atoms with Gasteiger partial charge in [-0.1, -0.05) is 12.1 Å². The highest BCUT2D eigenvalue weighted by Gasteiger charge is 2.17. The van der Waals surface area contributed by atoms with Gasteiger partial charge in [0.25, 0.3) is 5.91 Å². The fourth-order valence-electron chi connectivity index (χ4n) is 1.73. The van der Waals surface area contributed by atoms with E-state index in [9.17, 15) is 9.90 Å². The summed E-state index contributed by atoms with van der Waals surface area (Å²) in [6.45, 7) is 1.77. The molecule has 0 fully saturated rings. The Hall–Kier alpha value is -2.89. The number of amides is 1. The zero-order valence-corrected chi connectivity index (χ0v) is 11.5. The van der Waals surface area contributed by atoms with Crippen LogP contribution >= 0.6 is 0 Å². The van der Waals surface area contributed by atoms with Gasteiger partial charge in [0.1, 0.15) is 11.5 Å². The zero-order valence-electron chi connectivity index (χ0n) is 11.5. The molecule has 1 atom stereocenters. The van der Waals surface area contributed by atoms with E-state index in [1.54, 1.807) is 43.3 Å². The van der Waals surface area contributed by atoms with Crippen LogP contribution in [0.1, 0.15) is 5.56 Å². The Bertz CT molecular complexity index is 658. The summed E-state index contributed by atoms with van der Waals surface area (Å²) in [4.78, 5) is 11.5. The van der Waals surface area contributed by atoms with Crippen molar-refractivity contribution < 1.29 is 14.6 Å². The van der Waals surface area contributed by atoms with Gasteiger partial charge in [0.15, 0.2) is 0 Å².